The number of benzene rings is 1. The van der Waals surface area contributed by atoms with E-state index in [1.165, 1.54) is 0 Å². The van der Waals surface area contributed by atoms with E-state index in [1.54, 1.807) is 7.05 Å². The van der Waals surface area contributed by atoms with Gasteiger partial charge in [-0.2, -0.15) is 0 Å². The first-order chi connectivity index (χ1) is 6.07. The van der Waals surface area contributed by atoms with Crippen molar-refractivity contribution in [2.24, 2.45) is 0 Å². The average Bonchev–Trinajstić information content (AvgIpc) is 2.09. The molecular formula is C8H8ClF2NO. The Hall–Kier alpha value is -0.870. The van der Waals surface area contributed by atoms with Crippen LogP contribution in [0.25, 0.3) is 0 Å². The molecule has 0 aliphatic rings. The maximum atomic E-state index is 13.0. The molecule has 0 heterocycles. The normalized spacial score (nSPS) is 10.5. The molecule has 72 valence electrons. The molecule has 0 fully saturated rings. The van der Waals surface area contributed by atoms with Crippen molar-refractivity contribution < 1.29 is 13.9 Å². The first kappa shape index (κ1) is 10.2. The first-order valence-corrected chi connectivity index (χ1v) is 3.95. The summed E-state index contributed by atoms with van der Waals surface area (Å²) in [4.78, 5) is 0. The Labute approximate surface area is 79.1 Å². The molecule has 0 saturated heterocycles. The molecular weight excluding hydrogens is 200 g/mol. The summed E-state index contributed by atoms with van der Waals surface area (Å²) in [5.74, 6) is -2.56. The van der Waals surface area contributed by atoms with Crippen molar-refractivity contribution >= 4 is 11.6 Å². The summed E-state index contributed by atoms with van der Waals surface area (Å²) in [6, 6.07) is 0.741. The molecule has 0 unspecified atom stereocenters. The van der Waals surface area contributed by atoms with Gasteiger partial charge in [0.2, 0.25) is 0 Å². The molecule has 0 spiro atoms. The summed E-state index contributed by atoms with van der Waals surface area (Å²) in [5, 5.41) is 11.7. The smallest absolute Gasteiger partial charge is 0.167 e. The van der Waals surface area contributed by atoms with Crippen LogP contribution in [0.15, 0.2) is 6.07 Å². The summed E-state index contributed by atoms with van der Waals surface area (Å²) in [6.07, 6.45) is 0. The van der Waals surface area contributed by atoms with Gasteiger partial charge in [0, 0.05) is 12.1 Å². The Balaban J connectivity index is 3.28. The molecule has 5 heteroatoms. The molecule has 0 radical (unpaired) electrons. The summed E-state index contributed by atoms with van der Waals surface area (Å²) >= 11 is 5.44. The van der Waals surface area contributed by atoms with Gasteiger partial charge in [0.15, 0.2) is 11.6 Å². The molecule has 1 aromatic carbocycles. The Morgan fingerprint density at radius 3 is 2.69 bits per heavy atom. The SMILES string of the molecule is CNCc1c(O)c(Cl)cc(F)c1F. The lowest BCUT2D eigenvalue weighted by atomic mass is 10.2. The van der Waals surface area contributed by atoms with Gasteiger partial charge in [-0.1, -0.05) is 11.6 Å². The highest BCUT2D eigenvalue weighted by Gasteiger charge is 2.15. The fourth-order valence-corrected chi connectivity index (χ4v) is 1.18. The molecule has 0 aliphatic heterocycles. The Bertz CT molecular complexity index is 304. The monoisotopic (exact) mass is 207 g/mol. The van der Waals surface area contributed by atoms with Crippen molar-refractivity contribution in [3.63, 3.8) is 0 Å². The number of halogens is 3. The van der Waals surface area contributed by atoms with Crippen molar-refractivity contribution in [3.05, 3.63) is 28.3 Å². The number of hydrogen-bond acceptors (Lipinski definition) is 2. The molecule has 2 nitrogen and oxygen atoms in total. The van der Waals surface area contributed by atoms with Crippen LogP contribution in [0.4, 0.5) is 8.78 Å². The van der Waals surface area contributed by atoms with Crippen LogP contribution in [0.2, 0.25) is 5.02 Å². The maximum Gasteiger partial charge on any atom is 0.167 e. The predicted molar refractivity (Wildman–Crippen MR) is 45.8 cm³/mol. The third kappa shape index (κ3) is 1.89. The topological polar surface area (TPSA) is 32.3 Å². The minimum absolute atomic E-state index is 0.0230. The van der Waals surface area contributed by atoms with Gasteiger partial charge in [0.1, 0.15) is 5.75 Å². The second-order valence-corrected chi connectivity index (χ2v) is 2.92. The molecule has 0 aliphatic carbocycles. The van der Waals surface area contributed by atoms with E-state index in [2.05, 4.69) is 5.32 Å². The lowest BCUT2D eigenvalue weighted by Gasteiger charge is -2.07. The van der Waals surface area contributed by atoms with Gasteiger partial charge in [-0.15, -0.1) is 0 Å². The number of rotatable bonds is 2. The van der Waals surface area contributed by atoms with Crippen molar-refractivity contribution in [1.29, 1.82) is 0 Å². The van der Waals surface area contributed by atoms with Gasteiger partial charge in [-0.25, -0.2) is 8.78 Å². The van der Waals surface area contributed by atoms with Crippen molar-refractivity contribution in [1.82, 2.24) is 5.32 Å². The molecule has 0 saturated carbocycles. The third-order valence-electron chi connectivity index (χ3n) is 1.59. The molecule has 1 rings (SSSR count). The van der Waals surface area contributed by atoms with E-state index in [1.807, 2.05) is 0 Å². The Morgan fingerprint density at radius 2 is 2.15 bits per heavy atom. The summed E-state index contributed by atoms with van der Waals surface area (Å²) < 4.78 is 25.7. The van der Waals surface area contributed by atoms with E-state index in [4.69, 9.17) is 11.6 Å². The van der Waals surface area contributed by atoms with E-state index >= 15 is 0 Å². The predicted octanol–water partition coefficient (Wildman–Crippen LogP) is 2.04. The van der Waals surface area contributed by atoms with Crippen molar-refractivity contribution in [2.75, 3.05) is 7.05 Å². The van der Waals surface area contributed by atoms with Gasteiger partial charge in [0.05, 0.1) is 5.02 Å². The average molecular weight is 208 g/mol. The number of phenolic OH excluding ortho intramolecular Hbond substituents is 1. The molecule has 2 N–H and O–H groups in total. The minimum Gasteiger partial charge on any atom is -0.506 e. The second kappa shape index (κ2) is 3.89. The third-order valence-corrected chi connectivity index (χ3v) is 1.88. The van der Waals surface area contributed by atoms with Crippen LogP contribution in [0.5, 0.6) is 5.75 Å². The molecule has 0 atom stereocenters. The number of hydrogen-bond donors (Lipinski definition) is 2. The number of nitrogens with one attached hydrogen (secondary N) is 1. The zero-order chi connectivity index (χ0) is 10.0. The first-order valence-electron chi connectivity index (χ1n) is 3.58. The lowest BCUT2D eigenvalue weighted by molar-refractivity contribution is 0.438. The van der Waals surface area contributed by atoms with Crippen LogP contribution < -0.4 is 5.32 Å². The van der Waals surface area contributed by atoms with Crippen LogP contribution in [-0.2, 0) is 6.54 Å². The number of phenols is 1. The highest BCUT2D eigenvalue weighted by Crippen LogP contribution is 2.31. The zero-order valence-electron chi connectivity index (χ0n) is 6.87. The van der Waals surface area contributed by atoms with Gasteiger partial charge in [0.25, 0.3) is 0 Å². The van der Waals surface area contributed by atoms with Crippen molar-refractivity contribution in [3.8, 4) is 5.75 Å². The van der Waals surface area contributed by atoms with E-state index in [-0.39, 0.29) is 17.1 Å². The molecule has 13 heavy (non-hydrogen) atoms. The van der Waals surface area contributed by atoms with Gasteiger partial charge >= 0.3 is 0 Å². The van der Waals surface area contributed by atoms with Crippen molar-refractivity contribution in [2.45, 2.75) is 6.54 Å². The van der Waals surface area contributed by atoms with Gasteiger partial charge in [-0.05, 0) is 13.1 Å². The van der Waals surface area contributed by atoms with Gasteiger partial charge in [-0.3, -0.25) is 0 Å². The quantitative estimate of drug-likeness (QED) is 0.728. The second-order valence-electron chi connectivity index (χ2n) is 2.51. The summed E-state index contributed by atoms with van der Waals surface area (Å²) in [7, 11) is 1.55. The van der Waals surface area contributed by atoms with Gasteiger partial charge < -0.3 is 10.4 Å². The minimum atomic E-state index is -1.07. The maximum absolute atomic E-state index is 13.0. The van der Waals surface area contributed by atoms with Crippen LogP contribution in [-0.4, -0.2) is 12.2 Å². The lowest BCUT2D eigenvalue weighted by Crippen LogP contribution is -2.08. The van der Waals surface area contributed by atoms with E-state index in [9.17, 15) is 13.9 Å². The summed E-state index contributed by atoms with van der Waals surface area (Å²) in [5.41, 5.74) is -0.160. The fourth-order valence-electron chi connectivity index (χ4n) is 0.973. The molecule has 1 aromatic rings. The standard InChI is InChI=1S/C8H8ClF2NO/c1-12-3-4-7(11)6(10)2-5(9)8(4)13/h2,12-13H,3H2,1H3. The Kier molecular flexibility index (Phi) is 3.06. The number of aromatic hydroxyl groups is 1. The zero-order valence-corrected chi connectivity index (χ0v) is 7.62. The van der Waals surface area contributed by atoms with Crippen LogP contribution in [0.3, 0.4) is 0 Å². The van der Waals surface area contributed by atoms with E-state index < -0.39 is 17.4 Å². The van der Waals surface area contributed by atoms with Crippen LogP contribution in [0, 0.1) is 11.6 Å². The largest absolute Gasteiger partial charge is 0.506 e. The fraction of sp³-hybridized carbons (Fsp3) is 0.250. The molecule has 0 aromatic heterocycles. The Morgan fingerprint density at radius 1 is 1.54 bits per heavy atom. The van der Waals surface area contributed by atoms with Crippen LogP contribution in [0.1, 0.15) is 5.56 Å². The van der Waals surface area contributed by atoms with Crippen LogP contribution >= 0.6 is 11.6 Å². The summed E-state index contributed by atoms with van der Waals surface area (Å²) in [6.45, 7) is 0.0230. The highest BCUT2D eigenvalue weighted by atomic mass is 35.5. The molecule has 0 bridgehead atoms. The molecule has 0 amide bonds. The van der Waals surface area contributed by atoms with E-state index in [0.29, 0.717) is 0 Å². The van der Waals surface area contributed by atoms with E-state index in [0.717, 1.165) is 6.07 Å². The highest BCUT2D eigenvalue weighted by molar-refractivity contribution is 6.32.